The number of halogens is 1. The fourth-order valence-corrected chi connectivity index (χ4v) is 3.89. The number of imidazole rings is 1. The maximum atomic E-state index is 13.2. The predicted molar refractivity (Wildman–Crippen MR) is 116 cm³/mol. The van der Waals surface area contributed by atoms with Crippen LogP contribution in [-0.4, -0.2) is 21.2 Å². The summed E-state index contributed by atoms with van der Waals surface area (Å²) < 4.78 is 15.1. The molecule has 2 heterocycles. The Morgan fingerprint density at radius 2 is 1.68 bits per heavy atom. The van der Waals surface area contributed by atoms with Gasteiger partial charge in [0.2, 0.25) is 0 Å². The number of hydrogen-bond donors (Lipinski definition) is 0. The van der Waals surface area contributed by atoms with Gasteiger partial charge in [-0.2, -0.15) is 0 Å². The van der Waals surface area contributed by atoms with E-state index in [9.17, 15) is 14.0 Å². The first-order valence-corrected chi connectivity index (χ1v) is 9.86. The van der Waals surface area contributed by atoms with Gasteiger partial charge in [0.25, 0.3) is 11.7 Å². The number of benzene rings is 3. The van der Waals surface area contributed by atoms with E-state index in [-0.39, 0.29) is 12.4 Å². The zero-order valence-electron chi connectivity index (χ0n) is 16.7. The largest absolute Gasteiger partial charge is 0.306 e. The highest BCUT2D eigenvalue weighted by Gasteiger charge is 2.37. The van der Waals surface area contributed by atoms with E-state index in [1.165, 1.54) is 17.0 Å². The van der Waals surface area contributed by atoms with Crippen molar-refractivity contribution in [3.63, 3.8) is 0 Å². The lowest BCUT2D eigenvalue weighted by molar-refractivity contribution is -0.114. The van der Waals surface area contributed by atoms with Crippen LogP contribution in [0.2, 0.25) is 0 Å². The summed E-state index contributed by atoms with van der Waals surface area (Å²) in [7, 11) is 0. The molecule has 3 aromatic carbocycles. The molecule has 0 radical (unpaired) electrons. The van der Waals surface area contributed by atoms with E-state index in [1.54, 1.807) is 24.5 Å². The third kappa shape index (κ3) is 3.32. The molecule has 0 N–H and O–H groups in total. The molecule has 0 saturated carbocycles. The second-order valence-electron chi connectivity index (χ2n) is 7.52. The second kappa shape index (κ2) is 7.32. The van der Waals surface area contributed by atoms with Crippen molar-refractivity contribution in [3.8, 4) is 16.8 Å². The van der Waals surface area contributed by atoms with E-state index < -0.39 is 11.7 Å². The predicted octanol–water partition coefficient (Wildman–Crippen LogP) is 4.72. The average Bonchev–Trinajstić information content (AvgIpc) is 3.32. The number of Topliss-reactive ketones (excluding diaryl/α,β-unsaturated/α-hetero) is 1. The molecule has 152 valence electrons. The van der Waals surface area contributed by atoms with Gasteiger partial charge < -0.3 is 9.47 Å². The number of aryl methyl sites for hydroxylation is 1. The molecule has 0 spiro atoms. The van der Waals surface area contributed by atoms with Crippen LogP contribution in [0.25, 0.3) is 16.8 Å². The first-order valence-electron chi connectivity index (χ1n) is 9.86. The van der Waals surface area contributed by atoms with Crippen molar-refractivity contribution < 1.29 is 14.0 Å². The Morgan fingerprint density at radius 1 is 0.935 bits per heavy atom. The van der Waals surface area contributed by atoms with Crippen molar-refractivity contribution in [3.05, 3.63) is 102 Å². The number of hydrogen-bond acceptors (Lipinski definition) is 3. The van der Waals surface area contributed by atoms with Crippen molar-refractivity contribution in [1.82, 2.24) is 9.55 Å². The molecule has 0 fully saturated rings. The Labute approximate surface area is 178 Å². The molecule has 4 aromatic rings. The second-order valence-corrected chi connectivity index (χ2v) is 7.52. The van der Waals surface area contributed by atoms with Crippen LogP contribution in [0.15, 0.2) is 79.3 Å². The van der Waals surface area contributed by atoms with E-state index in [0.717, 1.165) is 22.5 Å². The number of ketones is 1. The summed E-state index contributed by atoms with van der Waals surface area (Å²) in [6.07, 6.45) is 3.69. The third-order valence-corrected chi connectivity index (χ3v) is 5.44. The highest BCUT2D eigenvalue weighted by atomic mass is 19.1. The van der Waals surface area contributed by atoms with Gasteiger partial charge in [0.15, 0.2) is 0 Å². The van der Waals surface area contributed by atoms with Crippen LogP contribution in [0.5, 0.6) is 0 Å². The number of fused-ring (bicyclic) bond motifs is 1. The molecule has 6 heteroatoms. The molecule has 5 nitrogen and oxygen atoms in total. The van der Waals surface area contributed by atoms with Crippen LogP contribution in [0.3, 0.4) is 0 Å². The van der Waals surface area contributed by atoms with Gasteiger partial charge in [-0.3, -0.25) is 9.59 Å². The van der Waals surface area contributed by atoms with Crippen molar-refractivity contribution in [2.24, 2.45) is 0 Å². The summed E-state index contributed by atoms with van der Waals surface area (Å²) in [4.78, 5) is 31.3. The molecule has 0 aliphatic carbocycles. The maximum Gasteiger partial charge on any atom is 0.299 e. The first kappa shape index (κ1) is 18.9. The highest BCUT2D eigenvalue weighted by molar-refractivity contribution is 6.53. The summed E-state index contributed by atoms with van der Waals surface area (Å²) in [5.41, 5.74) is 5.17. The lowest BCUT2D eigenvalue weighted by Crippen LogP contribution is -2.29. The molecule has 31 heavy (non-hydrogen) atoms. The minimum atomic E-state index is -0.572. The summed E-state index contributed by atoms with van der Waals surface area (Å²) in [5, 5.41) is 0. The van der Waals surface area contributed by atoms with Crippen LogP contribution < -0.4 is 4.90 Å². The number of amides is 1. The van der Waals surface area contributed by atoms with E-state index in [2.05, 4.69) is 4.98 Å². The molecule has 0 unspecified atom stereocenters. The van der Waals surface area contributed by atoms with Crippen LogP contribution in [-0.2, 0) is 11.3 Å². The van der Waals surface area contributed by atoms with Gasteiger partial charge >= 0.3 is 0 Å². The zero-order valence-corrected chi connectivity index (χ0v) is 16.7. The minimum absolute atomic E-state index is 0.209. The zero-order chi connectivity index (χ0) is 21.5. The summed E-state index contributed by atoms with van der Waals surface area (Å²) in [6, 6.07) is 19.1. The molecule has 0 saturated heterocycles. The molecule has 1 aliphatic rings. The standard InChI is InChI=1S/C25H18FN3O2/c1-16-13-28(15-27-16)20-11-7-18(8-12-20)21-3-2-4-22-23(21)24(30)25(31)29(22)14-17-5-9-19(26)10-6-17/h2-13,15H,14H2,1H3. The molecule has 1 aliphatic heterocycles. The number of nitrogens with zero attached hydrogens (tertiary/aromatic N) is 3. The number of aromatic nitrogens is 2. The third-order valence-electron chi connectivity index (χ3n) is 5.44. The lowest BCUT2D eigenvalue weighted by atomic mass is 9.97. The molecule has 0 atom stereocenters. The fraction of sp³-hybridized carbons (Fsp3) is 0.0800. The maximum absolute atomic E-state index is 13.2. The van der Waals surface area contributed by atoms with Gasteiger partial charge in [-0.1, -0.05) is 36.4 Å². The molecule has 1 amide bonds. The Morgan fingerprint density at radius 3 is 2.35 bits per heavy atom. The molecule has 1 aromatic heterocycles. The molecule has 0 bridgehead atoms. The first-order chi connectivity index (χ1) is 15.0. The topological polar surface area (TPSA) is 55.2 Å². The quantitative estimate of drug-likeness (QED) is 0.457. The van der Waals surface area contributed by atoms with E-state index in [0.29, 0.717) is 16.8 Å². The van der Waals surface area contributed by atoms with Crippen molar-refractivity contribution >= 4 is 17.4 Å². The Bertz CT molecular complexity index is 1310. The van der Waals surface area contributed by atoms with Crippen LogP contribution in [0, 0.1) is 12.7 Å². The van der Waals surface area contributed by atoms with Gasteiger partial charge in [-0.25, -0.2) is 9.37 Å². The molecular formula is C25H18FN3O2. The smallest absolute Gasteiger partial charge is 0.299 e. The summed E-state index contributed by atoms with van der Waals surface area (Å²) in [6.45, 7) is 2.14. The number of anilines is 1. The minimum Gasteiger partial charge on any atom is -0.306 e. The van der Waals surface area contributed by atoms with Gasteiger partial charge in [0.1, 0.15) is 5.82 Å². The normalized spacial score (nSPS) is 13.0. The lowest BCUT2D eigenvalue weighted by Gasteiger charge is -2.17. The molecular weight excluding hydrogens is 393 g/mol. The highest BCUT2D eigenvalue weighted by Crippen LogP contribution is 2.37. The van der Waals surface area contributed by atoms with Crippen molar-refractivity contribution in [2.75, 3.05) is 4.90 Å². The van der Waals surface area contributed by atoms with Crippen LogP contribution in [0.4, 0.5) is 10.1 Å². The van der Waals surface area contributed by atoms with Gasteiger partial charge in [-0.05, 0) is 53.9 Å². The number of carbonyl (C=O) groups is 2. The fourth-order valence-electron chi connectivity index (χ4n) is 3.89. The van der Waals surface area contributed by atoms with Gasteiger partial charge in [0.05, 0.1) is 29.8 Å². The van der Waals surface area contributed by atoms with Crippen molar-refractivity contribution in [2.45, 2.75) is 13.5 Å². The SMILES string of the molecule is Cc1cn(-c2ccc(-c3cccc4c3C(=O)C(=O)N4Cc3ccc(F)cc3)cc2)cn1. The monoisotopic (exact) mass is 411 g/mol. The van der Waals surface area contributed by atoms with E-state index in [4.69, 9.17) is 0 Å². The van der Waals surface area contributed by atoms with Gasteiger partial charge in [0, 0.05) is 11.9 Å². The van der Waals surface area contributed by atoms with Crippen LogP contribution in [0.1, 0.15) is 21.6 Å². The van der Waals surface area contributed by atoms with E-state index in [1.807, 2.05) is 54.1 Å². The summed E-state index contributed by atoms with van der Waals surface area (Å²) in [5.74, 6) is -1.44. The van der Waals surface area contributed by atoms with Crippen molar-refractivity contribution in [1.29, 1.82) is 0 Å². The Balaban J connectivity index is 1.51. The number of rotatable bonds is 4. The van der Waals surface area contributed by atoms with Gasteiger partial charge in [-0.15, -0.1) is 0 Å². The average molecular weight is 411 g/mol. The Kier molecular flexibility index (Phi) is 4.47. The molecule has 5 rings (SSSR count). The summed E-state index contributed by atoms with van der Waals surface area (Å²) >= 11 is 0. The van der Waals surface area contributed by atoms with E-state index >= 15 is 0 Å². The Hall–Kier alpha value is -4.06. The van der Waals surface area contributed by atoms with Crippen LogP contribution >= 0.6 is 0 Å². The number of carbonyl (C=O) groups excluding carboxylic acids is 2.